The first-order chi connectivity index (χ1) is 12.4. The average molecular weight is 391 g/mol. The monoisotopic (exact) mass is 390 g/mol. The molecular formula is C19H22N2O3S2. The van der Waals surface area contributed by atoms with E-state index in [2.05, 4.69) is 30.4 Å². The summed E-state index contributed by atoms with van der Waals surface area (Å²) >= 11 is 1.39. The Labute approximate surface area is 157 Å². The highest BCUT2D eigenvalue weighted by molar-refractivity contribution is 7.90. The van der Waals surface area contributed by atoms with Crippen molar-refractivity contribution in [1.29, 1.82) is 0 Å². The van der Waals surface area contributed by atoms with E-state index >= 15 is 0 Å². The minimum atomic E-state index is -3.76. The Balaban J connectivity index is 2.19. The first kappa shape index (κ1) is 18.8. The zero-order valence-electron chi connectivity index (χ0n) is 15.1. The Bertz CT molecular complexity index is 1080. The van der Waals surface area contributed by atoms with Crippen LogP contribution in [0.2, 0.25) is 0 Å². The lowest BCUT2D eigenvalue weighted by Crippen LogP contribution is -2.20. The minimum absolute atomic E-state index is 0.196. The molecule has 26 heavy (non-hydrogen) atoms. The Morgan fingerprint density at radius 2 is 1.81 bits per heavy atom. The number of sulfonamides is 1. The summed E-state index contributed by atoms with van der Waals surface area (Å²) < 4.78 is 37.9. The Morgan fingerprint density at radius 1 is 1.12 bits per heavy atom. The molecule has 2 aromatic carbocycles. The van der Waals surface area contributed by atoms with Gasteiger partial charge in [0.05, 0.1) is 21.7 Å². The Kier molecular flexibility index (Phi) is 5.60. The molecule has 0 saturated carbocycles. The summed E-state index contributed by atoms with van der Waals surface area (Å²) in [4.78, 5) is 0.662. The highest BCUT2D eigenvalue weighted by Gasteiger charge is 2.15. The van der Waals surface area contributed by atoms with Gasteiger partial charge in [-0.25, -0.2) is 0 Å². The van der Waals surface area contributed by atoms with Crippen LogP contribution in [0.4, 0.5) is 0 Å². The van der Waals surface area contributed by atoms with Crippen LogP contribution in [0.15, 0.2) is 51.8 Å². The molecule has 0 atom stereocenters. The molecule has 0 aliphatic rings. The van der Waals surface area contributed by atoms with Crippen molar-refractivity contribution in [2.45, 2.75) is 32.2 Å². The third kappa shape index (κ3) is 3.90. The molecule has 0 N–H and O–H groups in total. The number of aromatic nitrogens is 1. The maximum Gasteiger partial charge on any atom is 0.285 e. The standard InChI is InChI=1S/C19H22N2O3S2/c1-4-24-11-10-21-17-12-14(2)15(3)13-18(17)25-19(21)20-26(22,23)16-8-6-5-7-9-16/h5-9,12-13H,4,10-11H2,1-3H3/b20-19-. The normalized spacial score (nSPS) is 12.8. The fraction of sp³-hybridized carbons (Fsp3) is 0.316. The van der Waals surface area contributed by atoms with E-state index < -0.39 is 10.0 Å². The van der Waals surface area contributed by atoms with Gasteiger partial charge in [-0.1, -0.05) is 29.5 Å². The van der Waals surface area contributed by atoms with Crippen molar-refractivity contribution >= 4 is 31.6 Å². The summed E-state index contributed by atoms with van der Waals surface area (Å²) in [6.45, 7) is 7.73. The van der Waals surface area contributed by atoms with Crippen LogP contribution in [0, 0.1) is 13.8 Å². The SMILES string of the molecule is CCOCCn1/c(=N/S(=O)(=O)c2ccccc2)sc2cc(C)c(C)cc21. The molecule has 0 spiro atoms. The van der Waals surface area contributed by atoms with Crippen molar-refractivity contribution in [3.8, 4) is 0 Å². The van der Waals surface area contributed by atoms with Crippen LogP contribution in [0.5, 0.6) is 0 Å². The molecule has 1 heterocycles. The number of rotatable bonds is 6. The van der Waals surface area contributed by atoms with Crippen molar-refractivity contribution in [3.63, 3.8) is 0 Å². The number of thiazole rings is 1. The quantitative estimate of drug-likeness (QED) is 0.604. The number of benzene rings is 2. The van der Waals surface area contributed by atoms with Crippen molar-refractivity contribution in [2.24, 2.45) is 4.40 Å². The molecule has 0 radical (unpaired) electrons. The smallest absolute Gasteiger partial charge is 0.285 e. The number of hydrogen-bond donors (Lipinski definition) is 0. The topological polar surface area (TPSA) is 60.7 Å². The summed E-state index contributed by atoms with van der Waals surface area (Å²) in [6, 6.07) is 12.5. The molecule has 3 rings (SSSR count). The second-order valence-electron chi connectivity index (χ2n) is 6.02. The molecule has 1 aromatic heterocycles. The van der Waals surface area contributed by atoms with Crippen LogP contribution >= 0.6 is 11.3 Å². The Morgan fingerprint density at radius 3 is 2.50 bits per heavy atom. The first-order valence-corrected chi connectivity index (χ1v) is 10.7. The second kappa shape index (κ2) is 7.73. The van der Waals surface area contributed by atoms with E-state index in [0.717, 1.165) is 15.8 Å². The van der Waals surface area contributed by atoms with Gasteiger partial charge in [0.15, 0.2) is 0 Å². The molecule has 7 heteroatoms. The van der Waals surface area contributed by atoms with Gasteiger partial charge in [-0.3, -0.25) is 0 Å². The van der Waals surface area contributed by atoms with Crippen molar-refractivity contribution in [3.05, 3.63) is 58.4 Å². The molecule has 0 aliphatic heterocycles. The van der Waals surface area contributed by atoms with Gasteiger partial charge >= 0.3 is 0 Å². The zero-order chi connectivity index (χ0) is 18.7. The van der Waals surface area contributed by atoms with Crippen molar-refractivity contribution < 1.29 is 13.2 Å². The number of hydrogen-bond acceptors (Lipinski definition) is 4. The van der Waals surface area contributed by atoms with E-state index in [9.17, 15) is 8.42 Å². The van der Waals surface area contributed by atoms with E-state index in [1.807, 2.05) is 11.5 Å². The van der Waals surface area contributed by atoms with Crippen LogP contribution in [0.25, 0.3) is 10.2 Å². The summed E-state index contributed by atoms with van der Waals surface area (Å²) in [5.41, 5.74) is 3.32. The number of ether oxygens (including phenoxy) is 1. The molecule has 3 aromatic rings. The van der Waals surface area contributed by atoms with Crippen LogP contribution in [0.3, 0.4) is 0 Å². The van der Waals surface area contributed by atoms with Gasteiger partial charge < -0.3 is 9.30 Å². The molecule has 0 aliphatic carbocycles. The first-order valence-electron chi connectivity index (χ1n) is 8.47. The molecule has 0 unspecified atom stereocenters. The third-order valence-corrected chi connectivity index (χ3v) is 6.64. The van der Waals surface area contributed by atoms with Crippen LogP contribution in [0.1, 0.15) is 18.1 Å². The molecule has 0 amide bonds. The van der Waals surface area contributed by atoms with Gasteiger partial charge in [-0.2, -0.15) is 8.42 Å². The van der Waals surface area contributed by atoms with Gasteiger partial charge in [-0.05, 0) is 56.2 Å². The molecular weight excluding hydrogens is 368 g/mol. The number of nitrogens with zero attached hydrogens (tertiary/aromatic N) is 2. The number of fused-ring (bicyclic) bond motifs is 1. The fourth-order valence-corrected chi connectivity index (χ4v) is 5.02. The lowest BCUT2D eigenvalue weighted by Gasteiger charge is -2.07. The number of aryl methyl sites for hydroxylation is 2. The molecule has 5 nitrogen and oxygen atoms in total. The lowest BCUT2D eigenvalue weighted by molar-refractivity contribution is 0.139. The molecule has 138 valence electrons. The summed E-state index contributed by atoms with van der Waals surface area (Å²) in [5.74, 6) is 0. The fourth-order valence-electron chi connectivity index (χ4n) is 2.66. The van der Waals surface area contributed by atoms with Crippen molar-refractivity contribution in [2.75, 3.05) is 13.2 Å². The molecule has 0 saturated heterocycles. The zero-order valence-corrected chi connectivity index (χ0v) is 16.7. The highest BCUT2D eigenvalue weighted by Crippen LogP contribution is 2.22. The maximum absolute atomic E-state index is 12.7. The molecule has 0 fully saturated rings. The predicted octanol–water partition coefficient (Wildman–Crippen LogP) is 3.65. The van der Waals surface area contributed by atoms with Crippen LogP contribution in [-0.2, 0) is 21.3 Å². The second-order valence-corrected chi connectivity index (χ2v) is 8.63. The summed E-state index contributed by atoms with van der Waals surface area (Å²) in [6.07, 6.45) is 0. The largest absolute Gasteiger partial charge is 0.380 e. The highest BCUT2D eigenvalue weighted by atomic mass is 32.2. The van der Waals surface area contributed by atoms with E-state index in [1.54, 1.807) is 30.3 Å². The Hall–Kier alpha value is -1.96. The van der Waals surface area contributed by atoms with Crippen LogP contribution < -0.4 is 4.80 Å². The van der Waals surface area contributed by atoms with Crippen LogP contribution in [-0.4, -0.2) is 26.2 Å². The van der Waals surface area contributed by atoms with Gasteiger partial charge in [0.1, 0.15) is 0 Å². The van der Waals surface area contributed by atoms with Crippen molar-refractivity contribution in [1.82, 2.24) is 4.57 Å². The average Bonchev–Trinajstić information content (AvgIpc) is 2.92. The van der Waals surface area contributed by atoms with E-state index in [4.69, 9.17) is 4.74 Å². The van der Waals surface area contributed by atoms with E-state index in [1.165, 1.54) is 16.9 Å². The third-order valence-electron chi connectivity index (χ3n) is 4.20. The predicted molar refractivity (Wildman–Crippen MR) is 105 cm³/mol. The van der Waals surface area contributed by atoms with E-state index in [-0.39, 0.29) is 4.90 Å². The molecule has 0 bridgehead atoms. The van der Waals surface area contributed by atoms with Gasteiger partial charge in [0.2, 0.25) is 4.80 Å². The lowest BCUT2D eigenvalue weighted by atomic mass is 10.1. The minimum Gasteiger partial charge on any atom is -0.380 e. The summed E-state index contributed by atoms with van der Waals surface area (Å²) in [7, 11) is -3.76. The maximum atomic E-state index is 12.7. The van der Waals surface area contributed by atoms with Gasteiger partial charge in [0.25, 0.3) is 10.0 Å². The van der Waals surface area contributed by atoms with Gasteiger partial charge in [-0.15, -0.1) is 4.40 Å². The van der Waals surface area contributed by atoms with Gasteiger partial charge in [0, 0.05) is 13.2 Å². The van der Waals surface area contributed by atoms with E-state index in [0.29, 0.717) is 24.6 Å². The summed E-state index contributed by atoms with van der Waals surface area (Å²) in [5, 5.41) is 0.